The van der Waals surface area contributed by atoms with Crippen LogP contribution in [0.2, 0.25) is 0 Å². The summed E-state index contributed by atoms with van der Waals surface area (Å²) in [5, 5.41) is 5.07. The van der Waals surface area contributed by atoms with Gasteiger partial charge in [-0.1, -0.05) is 140 Å². The van der Waals surface area contributed by atoms with Crippen molar-refractivity contribution in [2.75, 3.05) is 4.90 Å². The maximum absolute atomic E-state index is 2.43. The van der Waals surface area contributed by atoms with Gasteiger partial charge in [0.25, 0.3) is 0 Å². The van der Waals surface area contributed by atoms with Crippen molar-refractivity contribution < 1.29 is 0 Å². The SMILES string of the molecule is c1ccc(-c2ccc(N(c3ccccc3)c3cccc(-n4c5ccccc5c5c6c(-c7ccccc7)cccc6ccc54)c3)cc2)cc1. The van der Waals surface area contributed by atoms with Crippen LogP contribution >= 0.6 is 0 Å². The number of hydrogen-bond acceptors (Lipinski definition) is 1. The van der Waals surface area contributed by atoms with Crippen molar-refractivity contribution in [3.05, 3.63) is 194 Å². The monoisotopic (exact) mass is 612 g/mol. The third kappa shape index (κ3) is 4.74. The number of fused-ring (bicyclic) bond motifs is 5. The second-order valence-corrected chi connectivity index (χ2v) is 12.2. The van der Waals surface area contributed by atoms with Gasteiger partial charge in [0.2, 0.25) is 0 Å². The van der Waals surface area contributed by atoms with E-state index < -0.39 is 0 Å². The molecule has 0 N–H and O–H groups in total. The van der Waals surface area contributed by atoms with Crippen LogP contribution in [0.4, 0.5) is 17.1 Å². The van der Waals surface area contributed by atoms with Crippen molar-refractivity contribution in [1.29, 1.82) is 0 Å². The zero-order valence-electron chi connectivity index (χ0n) is 26.4. The first-order valence-corrected chi connectivity index (χ1v) is 16.4. The second kappa shape index (κ2) is 11.8. The Labute approximate surface area is 280 Å². The van der Waals surface area contributed by atoms with Crippen LogP contribution in [-0.2, 0) is 0 Å². The molecule has 0 saturated heterocycles. The third-order valence-corrected chi connectivity index (χ3v) is 9.36. The summed E-state index contributed by atoms with van der Waals surface area (Å²) >= 11 is 0. The van der Waals surface area contributed by atoms with Crippen molar-refractivity contribution in [3.8, 4) is 27.9 Å². The molecule has 8 aromatic carbocycles. The minimum absolute atomic E-state index is 1.10. The lowest BCUT2D eigenvalue weighted by molar-refractivity contribution is 1.17. The lowest BCUT2D eigenvalue weighted by Crippen LogP contribution is -2.10. The van der Waals surface area contributed by atoms with E-state index in [9.17, 15) is 0 Å². The number of para-hydroxylation sites is 2. The molecular formula is C46H32N2. The molecule has 0 spiro atoms. The molecule has 9 aromatic rings. The molecule has 0 aliphatic rings. The van der Waals surface area contributed by atoms with Crippen LogP contribution in [0.3, 0.4) is 0 Å². The van der Waals surface area contributed by atoms with Crippen LogP contribution < -0.4 is 4.90 Å². The Morgan fingerprint density at radius 2 is 0.958 bits per heavy atom. The highest BCUT2D eigenvalue weighted by Gasteiger charge is 2.19. The van der Waals surface area contributed by atoms with Gasteiger partial charge in [-0.3, -0.25) is 0 Å². The number of anilines is 3. The molecule has 0 amide bonds. The van der Waals surface area contributed by atoms with Gasteiger partial charge in [0.1, 0.15) is 0 Å². The van der Waals surface area contributed by atoms with Crippen LogP contribution in [0.25, 0.3) is 60.5 Å². The largest absolute Gasteiger partial charge is 0.310 e. The molecule has 2 heteroatoms. The highest BCUT2D eigenvalue weighted by atomic mass is 15.1. The average Bonchev–Trinajstić information content (AvgIpc) is 3.51. The Morgan fingerprint density at radius 3 is 1.73 bits per heavy atom. The normalized spacial score (nSPS) is 11.3. The first kappa shape index (κ1) is 27.9. The predicted molar refractivity (Wildman–Crippen MR) is 204 cm³/mol. The summed E-state index contributed by atoms with van der Waals surface area (Å²) in [6.07, 6.45) is 0. The highest BCUT2D eigenvalue weighted by molar-refractivity contribution is 6.24. The van der Waals surface area contributed by atoms with Crippen LogP contribution in [0, 0.1) is 0 Å². The van der Waals surface area contributed by atoms with Gasteiger partial charge >= 0.3 is 0 Å². The van der Waals surface area contributed by atoms with Gasteiger partial charge in [-0.05, 0) is 87.6 Å². The number of rotatable bonds is 6. The van der Waals surface area contributed by atoms with Gasteiger partial charge in [0.15, 0.2) is 0 Å². The van der Waals surface area contributed by atoms with Crippen LogP contribution in [0.5, 0.6) is 0 Å². The third-order valence-electron chi connectivity index (χ3n) is 9.36. The Kier molecular flexibility index (Phi) is 6.84. The zero-order chi connectivity index (χ0) is 31.9. The molecule has 9 rings (SSSR count). The summed E-state index contributed by atoms with van der Waals surface area (Å²) in [7, 11) is 0. The highest BCUT2D eigenvalue weighted by Crippen LogP contribution is 2.42. The van der Waals surface area contributed by atoms with Crippen molar-refractivity contribution in [1.82, 2.24) is 4.57 Å². The van der Waals surface area contributed by atoms with Crippen molar-refractivity contribution >= 4 is 49.6 Å². The molecule has 226 valence electrons. The van der Waals surface area contributed by atoms with Crippen LogP contribution in [0.15, 0.2) is 194 Å². The molecule has 0 radical (unpaired) electrons. The summed E-state index contributed by atoms with van der Waals surface area (Å²) < 4.78 is 2.43. The van der Waals surface area contributed by atoms with Gasteiger partial charge in [0.05, 0.1) is 11.0 Å². The van der Waals surface area contributed by atoms with E-state index in [1.165, 1.54) is 54.8 Å². The summed E-state index contributed by atoms with van der Waals surface area (Å²) in [6, 6.07) is 69.8. The molecule has 0 aliphatic carbocycles. The Bertz CT molecular complexity index is 2530. The summed E-state index contributed by atoms with van der Waals surface area (Å²) in [5.74, 6) is 0. The van der Waals surface area contributed by atoms with Gasteiger partial charge in [-0.15, -0.1) is 0 Å². The molecule has 2 nitrogen and oxygen atoms in total. The van der Waals surface area contributed by atoms with Crippen LogP contribution in [0.1, 0.15) is 0 Å². The number of nitrogens with zero attached hydrogens (tertiary/aromatic N) is 2. The fourth-order valence-electron chi connectivity index (χ4n) is 7.20. The summed E-state index contributed by atoms with van der Waals surface area (Å²) in [6.45, 7) is 0. The fourth-order valence-corrected chi connectivity index (χ4v) is 7.20. The van der Waals surface area contributed by atoms with E-state index in [-0.39, 0.29) is 0 Å². The van der Waals surface area contributed by atoms with E-state index in [1.54, 1.807) is 0 Å². The topological polar surface area (TPSA) is 8.17 Å². The smallest absolute Gasteiger partial charge is 0.0547 e. The van der Waals surface area contributed by atoms with Gasteiger partial charge in [-0.25, -0.2) is 0 Å². The van der Waals surface area contributed by atoms with Gasteiger partial charge < -0.3 is 9.47 Å². The standard InChI is InChI=1S/C46H32N2/c1-4-14-33(15-5-1)34-26-29-38(30-27-34)47(37-19-8-3-9-20-37)39-21-13-22-40(32-39)48-43-25-11-10-23-42(43)46-44(48)31-28-36-18-12-24-41(45(36)46)35-16-6-2-7-17-35/h1-32H. The van der Waals surface area contributed by atoms with E-state index in [2.05, 4.69) is 204 Å². The Morgan fingerprint density at radius 1 is 0.354 bits per heavy atom. The Hall–Kier alpha value is -6.38. The van der Waals surface area contributed by atoms with Crippen molar-refractivity contribution in [3.63, 3.8) is 0 Å². The molecule has 0 fully saturated rings. The molecule has 1 heterocycles. The molecule has 1 aromatic heterocycles. The van der Waals surface area contributed by atoms with E-state index in [4.69, 9.17) is 0 Å². The van der Waals surface area contributed by atoms with E-state index in [0.29, 0.717) is 0 Å². The zero-order valence-corrected chi connectivity index (χ0v) is 26.4. The Balaban J connectivity index is 1.25. The molecule has 48 heavy (non-hydrogen) atoms. The number of hydrogen-bond donors (Lipinski definition) is 0. The fraction of sp³-hybridized carbons (Fsp3) is 0. The minimum Gasteiger partial charge on any atom is -0.310 e. The molecule has 0 bridgehead atoms. The molecule has 0 atom stereocenters. The summed E-state index contributed by atoms with van der Waals surface area (Å²) in [5.41, 5.74) is 11.7. The van der Waals surface area contributed by atoms with E-state index >= 15 is 0 Å². The van der Waals surface area contributed by atoms with Crippen LogP contribution in [-0.4, -0.2) is 4.57 Å². The maximum Gasteiger partial charge on any atom is 0.0547 e. The van der Waals surface area contributed by atoms with Gasteiger partial charge in [-0.2, -0.15) is 0 Å². The molecule has 0 unspecified atom stereocenters. The van der Waals surface area contributed by atoms with E-state index in [0.717, 1.165) is 22.7 Å². The quantitative estimate of drug-likeness (QED) is 0.181. The molecule has 0 aliphatic heterocycles. The minimum atomic E-state index is 1.10. The average molecular weight is 613 g/mol. The lowest BCUT2D eigenvalue weighted by Gasteiger charge is -2.26. The molecular weight excluding hydrogens is 581 g/mol. The first-order valence-electron chi connectivity index (χ1n) is 16.4. The first-order chi connectivity index (χ1) is 23.8. The lowest BCUT2D eigenvalue weighted by atomic mass is 9.94. The number of benzene rings is 8. The predicted octanol–water partition coefficient (Wildman–Crippen LogP) is 12.7. The summed E-state index contributed by atoms with van der Waals surface area (Å²) in [4.78, 5) is 2.34. The molecule has 0 saturated carbocycles. The maximum atomic E-state index is 2.43. The van der Waals surface area contributed by atoms with E-state index in [1.807, 2.05) is 0 Å². The van der Waals surface area contributed by atoms with Crippen molar-refractivity contribution in [2.45, 2.75) is 0 Å². The number of aromatic nitrogens is 1. The second-order valence-electron chi connectivity index (χ2n) is 12.2. The van der Waals surface area contributed by atoms with Crippen molar-refractivity contribution in [2.24, 2.45) is 0 Å². The van der Waals surface area contributed by atoms with Gasteiger partial charge in [0, 0.05) is 33.5 Å².